The molecule has 0 aliphatic rings. The maximum Gasteiger partial charge on any atom is 0.264 e. The molecule has 0 fully saturated rings. The number of rotatable bonds is 16. The van der Waals surface area contributed by atoms with Gasteiger partial charge in [0.1, 0.15) is 24.1 Å². The van der Waals surface area contributed by atoms with Crippen LogP contribution in [0.25, 0.3) is 0 Å². The highest BCUT2D eigenvalue weighted by molar-refractivity contribution is 7.98. The van der Waals surface area contributed by atoms with Crippen LogP contribution in [0, 0.1) is 0 Å². The Balaban J connectivity index is 2.06. The van der Waals surface area contributed by atoms with E-state index < -0.39 is 28.5 Å². The van der Waals surface area contributed by atoms with Gasteiger partial charge in [0.15, 0.2) is 0 Å². The fraction of sp³-hybridized carbons (Fsp3) is 0.394. The molecule has 0 saturated heterocycles. The van der Waals surface area contributed by atoms with Gasteiger partial charge in [0, 0.05) is 17.5 Å². The summed E-state index contributed by atoms with van der Waals surface area (Å²) in [5, 5.41) is 2.99. The summed E-state index contributed by atoms with van der Waals surface area (Å²) in [6, 6.07) is 19.4. The van der Waals surface area contributed by atoms with Crippen molar-refractivity contribution < 1.29 is 27.5 Å². The predicted octanol–water partition coefficient (Wildman–Crippen LogP) is 5.73. The van der Waals surface area contributed by atoms with Crippen LogP contribution in [-0.2, 0) is 26.2 Å². The van der Waals surface area contributed by atoms with Crippen molar-refractivity contribution in [3.05, 3.63) is 78.4 Å². The monoisotopic (exact) mass is 641 g/mol. The van der Waals surface area contributed by atoms with Crippen molar-refractivity contribution in [2.45, 2.75) is 69.0 Å². The predicted molar refractivity (Wildman–Crippen MR) is 176 cm³/mol. The Kier molecular flexibility index (Phi) is 13.0. The lowest BCUT2D eigenvalue weighted by Crippen LogP contribution is -2.53. The van der Waals surface area contributed by atoms with Gasteiger partial charge in [-0.15, -0.1) is 11.8 Å². The molecular weight excluding hydrogens is 599 g/mol. The number of anilines is 1. The highest BCUT2D eigenvalue weighted by Gasteiger charge is 2.34. The van der Waals surface area contributed by atoms with E-state index in [4.69, 9.17) is 9.47 Å². The highest BCUT2D eigenvalue weighted by atomic mass is 32.2. The average Bonchev–Trinajstić information content (AvgIpc) is 3.04. The average molecular weight is 642 g/mol. The van der Waals surface area contributed by atoms with Crippen LogP contribution < -0.4 is 19.1 Å². The van der Waals surface area contributed by atoms with Gasteiger partial charge < -0.3 is 19.7 Å². The molecule has 1 N–H and O–H groups in total. The van der Waals surface area contributed by atoms with E-state index in [0.29, 0.717) is 30.2 Å². The van der Waals surface area contributed by atoms with Crippen LogP contribution >= 0.6 is 11.8 Å². The second-order valence-corrected chi connectivity index (χ2v) is 13.0. The zero-order valence-corrected chi connectivity index (χ0v) is 27.9. The maximum atomic E-state index is 14.2. The largest absolute Gasteiger partial charge is 0.497 e. The molecule has 0 bridgehead atoms. The maximum absolute atomic E-state index is 14.2. The summed E-state index contributed by atoms with van der Waals surface area (Å²) in [7, 11) is -2.60. The van der Waals surface area contributed by atoms with Crippen molar-refractivity contribution in [2.75, 3.05) is 30.8 Å². The summed E-state index contributed by atoms with van der Waals surface area (Å²) in [4.78, 5) is 30.1. The smallest absolute Gasteiger partial charge is 0.264 e. The third-order valence-electron chi connectivity index (χ3n) is 7.26. The first kappa shape index (κ1) is 34.8. The molecule has 0 heterocycles. The lowest BCUT2D eigenvalue weighted by molar-refractivity contribution is -0.140. The number of carbonyl (C=O) groups excluding carboxylic acids is 2. The molecule has 3 aromatic carbocycles. The molecule has 11 heteroatoms. The Morgan fingerprint density at radius 3 is 2.02 bits per heavy atom. The second-order valence-electron chi connectivity index (χ2n) is 10.2. The minimum atomic E-state index is -4.17. The van der Waals surface area contributed by atoms with Gasteiger partial charge in [-0.25, -0.2) is 8.42 Å². The van der Waals surface area contributed by atoms with Crippen LogP contribution in [0.3, 0.4) is 0 Å². The Hall–Kier alpha value is -3.70. The Bertz CT molecular complexity index is 1460. The van der Waals surface area contributed by atoms with Crippen molar-refractivity contribution in [1.29, 1.82) is 0 Å². The van der Waals surface area contributed by atoms with E-state index in [9.17, 15) is 18.0 Å². The number of carbonyl (C=O) groups is 2. The lowest BCUT2D eigenvalue weighted by atomic mass is 10.1. The summed E-state index contributed by atoms with van der Waals surface area (Å²) >= 11 is 1.50. The number of hydrogen-bond donors (Lipinski definition) is 1. The van der Waals surface area contributed by atoms with Gasteiger partial charge in [0.2, 0.25) is 11.8 Å². The first-order chi connectivity index (χ1) is 21.1. The number of thioether (sulfide) groups is 1. The zero-order valence-electron chi connectivity index (χ0n) is 26.3. The second kappa shape index (κ2) is 16.4. The number of nitrogens with one attached hydrogen (secondary N) is 1. The quantitative estimate of drug-likeness (QED) is 0.199. The molecule has 0 aromatic heterocycles. The molecule has 238 valence electrons. The number of methoxy groups -OCH3 is 1. The first-order valence-corrected chi connectivity index (χ1v) is 17.4. The number of hydrogen-bond acceptors (Lipinski definition) is 7. The van der Waals surface area contributed by atoms with Crippen molar-refractivity contribution in [3.8, 4) is 11.5 Å². The van der Waals surface area contributed by atoms with E-state index in [2.05, 4.69) is 5.32 Å². The van der Waals surface area contributed by atoms with E-state index in [0.717, 1.165) is 21.2 Å². The number of sulfonamides is 1. The van der Waals surface area contributed by atoms with Gasteiger partial charge in [0.05, 0.1) is 24.3 Å². The number of amides is 2. The number of ether oxygens (including phenoxy) is 2. The van der Waals surface area contributed by atoms with E-state index in [-0.39, 0.29) is 23.4 Å². The van der Waals surface area contributed by atoms with Gasteiger partial charge in [-0.3, -0.25) is 13.9 Å². The molecule has 0 saturated carbocycles. The van der Waals surface area contributed by atoms with Crippen LogP contribution in [0.2, 0.25) is 0 Å². The van der Waals surface area contributed by atoms with Crippen molar-refractivity contribution in [2.24, 2.45) is 0 Å². The normalized spacial score (nSPS) is 12.6. The standard InChI is InChI=1S/C33H43N3O6S2/c1-7-24(4)34-33(38)31(8-2)35(22-25-10-14-27(41-5)15-11-25)32(37)23-36(26-12-16-28(17-13-26)42-9-3)44(39,40)30-20-18-29(43-6)19-21-30/h10-21,24,31H,7-9,22-23H2,1-6H3,(H,34,38)/t24-,31-/m1/s1. The van der Waals surface area contributed by atoms with Crippen molar-refractivity contribution in [1.82, 2.24) is 10.2 Å². The lowest BCUT2D eigenvalue weighted by Gasteiger charge is -2.33. The molecule has 0 aliphatic heterocycles. The highest BCUT2D eigenvalue weighted by Crippen LogP contribution is 2.28. The van der Waals surface area contributed by atoms with Crippen molar-refractivity contribution >= 4 is 39.3 Å². The fourth-order valence-corrected chi connectivity index (χ4v) is 6.39. The molecule has 0 aliphatic carbocycles. The molecular formula is C33H43N3O6S2. The summed E-state index contributed by atoms with van der Waals surface area (Å²) in [6.45, 7) is 7.63. The molecule has 3 rings (SSSR count). The van der Waals surface area contributed by atoms with Crippen molar-refractivity contribution in [3.63, 3.8) is 0 Å². The molecule has 0 unspecified atom stereocenters. The van der Waals surface area contributed by atoms with E-state index in [1.54, 1.807) is 55.6 Å². The molecule has 0 spiro atoms. The summed E-state index contributed by atoms with van der Waals surface area (Å²) in [6.07, 6.45) is 2.98. The molecule has 2 amide bonds. The summed E-state index contributed by atoms with van der Waals surface area (Å²) < 4.78 is 40.1. The number of benzene rings is 3. The SMILES string of the molecule is CCOc1ccc(N(CC(=O)N(Cc2ccc(OC)cc2)[C@H](CC)C(=O)N[C@H](C)CC)S(=O)(=O)c2ccc(SC)cc2)cc1. The Morgan fingerprint density at radius 1 is 0.886 bits per heavy atom. The zero-order chi connectivity index (χ0) is 32.3. The third kappa shape index (κ3) is 8.92. The topological polar surface area (TPSA) is 105 Å². The van der Waals surface area contributed by atoms with Gasteiger partial charge in [-0.05, 0) is 99.2 Å². The fourth-order valence-electron chi connectivity index (χ4n) is 4.57. The molecule has 44 heavy (non-hydrogen) atoms. The van der Waals surface area contributed by atoms with E-state index >= 15 is 0 Å². The minimum absolute atomic E-state index is 0.0558. The van der Waals surface area contributed by atoms with Gasteiger partial charge in [0.25, 0.3) is 10.0 Å². The Morgan fingerprint density at radius 2 is 1.50 bits per heavy atom. The Labute approximate surface area is 266 Å². The molecule has 3 aromatic rings. The van der Waals surface area contributed by atoms with Crippen LogP contribution in [0.4, 0.5) is 5.69 Å². The molecule has 2 atom stereocenters. The molecule has 9 nitrogen and oxygen atoms in total. The summed E-state index contributed by atoms with van der Waals surface area (Å²) in [5.41, 5.74) is 1.08. The van der Waals surface area contributed by atoms with Gasteiger partial charge in [-0.1, -0.05) is 26.0 Å². The van der Waals surface area contributed by atoms with Gasteiger partial charge in [-0.2, -0.15) is 0 Å². The third-order valence-corrected chi connectivity index (χ3v) is 9.79. The minimum Gasteiger partial charge on any atom is -0.497 e. The van der Waals surface area contributed by atoms with Crippen LogP contribution in [0.15, 0.2) is 82.6 Å². The first-order valence-electron chi connectivity index (χ1n) is 14.7. The summed E-state index contributed by atoms with van der Waals surface area (Å²) in [5.74, 6) is 0.448. The van der Waals surface area contributed by atoms with Crippen LogP contribution in [0.5, 0.6) is 11.5 Å². The van der Waals surface area contributed by atoms with E-state index in [1.807, 2.05) is 46.1 Å². The van der Waals surface area contributed by atoms with Gasteiger partial charge >= 0.3 is 0 Å². The number of nitrogens with zero attached hydrogens (tertiary/aromatic N) is 2. The van der Waals surface area contributed by atoms with E-state index in [1.165, 1.54) is 28.8 Å². The van der Waals surface area contributed by atoms with Crippen LogP contribution in [-0.4, -0.2) is 63.7 Å². The molecule has 0 radical (unpaired) electrons. The van der Waals surface area contributed by atoms with Crippen LogP contribution in [0.1, 0.15) is 46.1 Å².